The Morgan fingerprint density at radius 3 is 2.88 bits per heavy atom. The minimum Gasteiger partial charge on any atom is -0.492 e. The van der Waals surface area contributed by atoms with Gasteiger partial charge in [0.1, 0.15) is 5.75 Å². The topological polar surface area (TPSA) is 21.3 Å². The maximum atomic E-state index is 5.73. The SMILES string of the molecule is Brc1cccc2c1OCCC2NC1CCC1. The highest BCUT2D eigenvalue weighted by Crippen LogP contribution is 2.38. The van der Waals surface area contributed by atoms with E-state index >= 15 is 0 Å². The first-order valence-corrected chi connectivity index (χ1v) is 6.81. The van der Waals surface area contributed by atoms with Crippen LogP contribution in [0.15, 0.2) is 22.7 Å². The standard InChI is InChI=1S/C13H16BrNO/c14-11-6-2-5-10-12(7-8-16-13(10)11)15-9-3-1-4-9/h2,5-6,9,12,15H,1,3-4,7-8H2. The predicted molar refractivity (Wildman–Crippen MR) is 67.8 cm³/mol. The van der Waals surface area contributed by atoms with Crippen LogP contribution in [0.25, 0.3) is 0 Å². The van der Waals surface area contributed by atoms with Gasteiger partial charge in [-0.2, -0.15) is 0 Å². The fourth-order valence-electron chi connectivity index (χ4n) is 2.42. The number of para-hydroxylation sites is 1. The van der Waals surface area contributed by atoms with Gasteiger partial charge in [0.15, 0.2) is 0 Å². The normalized spacial score (nSPS) is 24.4. The molecule has 1 fully saturated rings. The van der Waals surface area contributed by atoms with E-state index in [1.165, 1.54) is 24.8 Å². The summed E-state index contributed by atoms with van der Waals surface area (Å²) in [6.45, 7) is 0.819. The van der Waals surface area contributed by atoms with Crippen molar-refractivity contribution in [2.24, 2.45) is 0 Å². The molecular weight excluding hydrogens is 266 g/mol. The summed E-state index contributed by atoms with van der Waals surface area (Å²) >= 11 is 3.55. The summed E-state index contributed by atoms with van der Waals surface area (Å²) in [6, 6.07) is 7.52. The van der Waals surface area contributed by atoms with Gasteiger partial charge in [-0.1, -0.05) is 18.6 Å². The van der Waals surface area contributed by atoms with E-state index in [1.807, 2.05) is 6.07 Å². The highest BCUT2D eigenvalue weighted by atomic mass is 79.9. The van der Waals surface area contributed by atoms with E-state index in [2.05, 4.69) is 33.4 Å². The smallest absolute Gasteiger partial charge is 0.138 e. The highest BCUT2D eigenvalue weighted by Gasteiger charge is 2.27. The van der Waals surface area contributed by atoms with E-state index in [0.29, 0.717) is 6.04 Å². The Labute approximate surface area is 105 Å². The van der Waals surface area contributed by atoms with Gasteiger partial charge >= 0.3 is 0 Å². The molecule has 16 heavy (non-hydrogen) atoms. The molecule has 2 aliphatic rings. The molecule has 0 bridgehead atoms. The number of ether oxygens (including phenoxy) is 1. The van der Waals surface area contributed by atoms with Gasteiger partial charge in [-0.3, -0.25) is 0 Å². The van der Waals surface area contributed by atoms with Crippen molar-refractivity contribution in [3.05, 3.63) is 28.2 Å². The quantitative estimate of drug-likeness (QED) is 0.897. The second-order valence-electron chi connectivity index (χ2n) is 4.64. The summed E-state index contributed by atoms with van der Waals surface area (Å²) in [7, 11) is 0. The van der Waals surface area contributed by atoms with Crippen molar-refractivity contribution in [2.75, 3.05) is 6.61 Å². The van der Waals surface area contributed by atoms with Crippen molar-refractivity contribution in [2.45, 2.75) is 37.8 Å². The average Bonchev–Trinajstić information content (AvgIpc) is 2.24. The highest BCUT2D eigenvalue weighted by molar-refractivity contribution is 9.10. The Hall–Kier alpha value is -0.540. The molecule has 0 saturated heterocycles. The van der Waals surface area contributed by atoms with Gasteiger partial charge in [0.05, 0.1) is 11.1 Å². The van der Waals surface area contributed by atoms with E-state index in [4.69, 9.17) is 4.74 Å². The number of hydrogen-bond acceptors (Lipinski definition) is 2. The van der Waals surface area contributed by atoms with Crippen LogP contribution in [0.3, 0.4) is 0 Å². The van der Waals surface area contributed by atoms with Crippen LogP contribution in [0.1, 0.15) is 37.3 Å². The number of halogens is 1. The third kappa shape index (κ3) is 1.87. The van der Waals surface area contributed by atoms with Crippen molar-refractivity contribution in [1.29, 1.82) is 0 Å². The van der Waals surface area contributed by atoms with Crippen LogP contribution < -0.4 is 10.1 Å². The molecule has 1 aromatic carbocycles. The Bertz CT molecular complexity index is 390. The van der Waals surface area contributed by atoms with Crippen molar-refractivity contribution < 1.29 is 4.74 Å². The molecule has 1 heterocycles. The summed E-state index contributed by atoms with van der Waals surface area (Å²) in [5.74, 6) is 1.03. The van der Waals surface area contributed by atoms with Crippen LogP contribution >= 0.6 is 15.9 Å². The summed E-state index contributed by atoms with van der Waals surface area (Å²) in [4.78, 5) is 0. The zero-order chi connectivity index (χ0) is 11.0. The first-order chi connectivity index (χ1) is 7.84. The molecule has 1 N–H and O–H groups in total. The van der Waals surface area contributed by atoms with Gasteiger partial charge < -0.3 is 10.1 Å². The van der Waals surface area contributed by atoms with Crippen LogP contribution in [0.2, 0.25) is 0 Å². The maximum Gasteiger partial charge on any atom is 0.138 e. The van der Waals surface area contributed by atoms with E-state index in [0.717, 1.165) is 29.3 Å². The number of rotatable bonds is 2. The summed E-state index contributed by atoms with van der Waals surface area (Å²) in [5, 5.41) is 3.74. The molecular formula is C13H16BrNO. The molecule has 0 amide bonds. The minimum absolute atomic E-state index is 0.478. The van der Waals surface area contributed by atoms with Gasteiger partial charge in [0, 0.05) is 24.1 Å². The van der Waals surface area contributed by atoms with Gasteiger partial charge in [0.25, 0.3) is 0 Å². The lowest BCUT2D eigenvalue weighted by Gasteiger charge is -2.34. The van der Waals surface area contributed by atoms with Crippen LogP contribution in [-0.4, -0.2) is 12.6 Å². The molecule has 1 atom stereocenters. The zero-order valence-corrected chi connectivity index (χ0v) is 10.8. The van der Waals surface area contributed by atoms with E-state index in [9.17, 15) is 0 Å². The second-order valence-corrected chi connectivity index (χ2v) is 5.50. The predicted octanol–water partition coefficient (Wildman–Crippen LogP) is 3.41. The van der Waals surface area contributed by atoms with E-state index < -0.39 is 0 Å². The Morgan fingerprint density at radius 2 is 2.12 bits per heavy atom. The molecule has 2 nitrogen and oxygen atoms in total. The minimum atomic E-state index is 0.478. The summed E-state index contributed by atoms with van der Waals surface area (Å²) in [6.07, 6.45) is 5.13. The molecule has 86 valence electrons. The Morgan fingerprint density at radius 1 is 1.25 bits per heavy atom. The third-order valence-corrected chi connectivity index (χ3v) is 4.19. The molecule has 1 unspecified atom stereocenters. The second kappa shape index (κ2) is 4.38. The molecule has 1 saturated carbocycles. The Balaban J connectivity index is 1.84. The van der Waals surface area contributed by atoms with Gasteiger partial charge in [-0.15, -0.1) is 0 Å². The number of nitrogens with one attached hydrogen (secondary N) is 1. The molecule has 0 spiro atoms. The molecule has 3 rings (SSSR count). The molecule has 0 aromatic heterocycles. The van der Waals surface area contributed by atoms with Gasteiger partial charge in [-0.25, -0.2) is 0 Å². The number of hydrogen-bond donors (Lipinski definition) is 1. The zero-order valence-electron chi connectivity index (χ0n) is 9.21. The third-order valence-electron chi connectivity index (χ3n) is 3.57. The van der Waals surface area contributed by atoms with E-state index in [1.54, 1.807) is 0 Å². The molecule has 0 radical (unpaired) electrons. The summed E-state index contributed by atoms with van der Waals surface area (Å²) < 4.78 is 6.80. The van der Waals surface area contributed by atoms with Gasteiger partial charge in [-0.05, 0) is 34.8 Å². The fourth-order valence-corrected chi connectivity index (χ4v) is 2.92. The maximum absolute atomic E-state index is 5.73. The largest absolute Gasteiger partial charge is 0.492 e. The van der Waals surface area contributed by atoms with Crippen molar-refractivity contribution in [3.8, 4) is 5.75 Å². The summed E-state index contributed by atoms with van der Waals surface area (Å²) in [5.41, 5.74) is 1.31. The number of fused-ring (bicyclic) bond motifs is 1. The lowest BCUT2D eigenvalue weighted by Crippen LogP contribution is -2.39. The van der Waals surface area contributed by atoms with Crippen LogP contribution in [0.4, 0.5) is 0 Å². The first-order valence-electron chi connectivity index (χ1n) is 6.02. The van der Waals surface area contributed by atoms with Crippen LogP contribution in [0.5, 0.6) is 5.75 Å². The lowest BCUT2D eigenvalue weighted by atomic mass is 9.90. The van der Waals surface area contributed by atoms with Crippen molar-refractivity contribution >= 4 is 15.9 Å². The fraction of sp³-hybridized carbons (Fsp3) is 0.538. The lowest BCUT2D eigenvalue weighted by molar-refractivity contribution is 0.221. The monoisotopic (exact) mass is 281 g/mol. The van der Waals surface area contributed by atoms with E-state index in [-0.39, 0.29) is 0 Å². The molecule has 1 aliphatic heterocycles. The van der Waals surface area contributed by atoms with Crippen molar-refractivity contribution in [3.63, 3.8) is 0 Å². The average molecular weight is 282 g/mol. The number of benzene rings is 1. The van der Waals surface area contributed by atoms with Crippen LogP contribution in [0, 0.1) is 0 Å². The van der Waals surface area contributed by atoms with Crippen LogP contribution in [-0.2, 0) is 0 Å². The molecule has 1 aliphatic carbocycles. The first kappa shape index (κ1) is 10.6. The van der Waals surface area contributed by atoms with Gasteiger partial charge in [0.2, 0.25) is 0 Å². The Kier molecular flexibility index (Phi) is 2.90. The molecule has 1 aromatic rings. The van der Waals surface area contributed by atoms with Crippen molar-refractivity contribution in [1.82, 2.24) is 5.32 Å². The molecule has 3 heteroatoms.